The molecule has 0 bridgehead atoms. The van der Waals surface area contributed by atoms with Gasteiger partial charge >= 0.3 is 5.97 Å². The minimum atomic E-state index is -0.984. The van der Waals surface area contributed by atoms with Gasteiger partial charge in [0.15, 0.2) is 0 Å². The molecule has 0 saturated carbocycles. The number of nitrogens with two attached hydrogens (primary N) is 1. The minimum Gasteiger partial charge on any atom is -0.507 e. The van der Waals surface area contributed by atoms with E-state index >= 15 is 0 Å². The number of carboxylic acids is 1. The van der Waals surface area contributed by atoms with Crippen molar-refractivity contribution in [1.29, 1.82) is 0 Å². The zero-order chi connectivity index (χ0) is 25.8. The maximum atomic E-state index is 13.1. The average molecular weight is 488 g/mol. The number of nitrogens with zero attached hydrogens (tertiary/aromatic N) is 1. The number of aromatic carboxylic acids is 1. The summed E-state index contributed by atoms with van der Waals surface area (Å²) in [5, 5.41) is 22.5. The molecule has 0 aliphatic carbocycles. The zero-order valence-corrected chi connectivity index (χ0v) is 20.0. The number of primary amides is 1. The lowest BCUT2D eigenvalue weighted by Gasteiger charge is -2.26. The van der Waals surface area contributed by atoms with Crippen LogP contribution in [0.25, 0.3) is 11.1 Å². The summed E-state index contributed by atoms with van der Waals surface area (Å²) < 4.78 is 0. The monoisotopic (exact) mass is 487 g/mol. The second kappa shape index (κ2) is 10.6. The van der Waals surface area contributed by atoms with Crippen LogP contribution in [0.15, 0.2) is 66.7 Å². The lowest BCUT2D eigenvalue weighted by molar-refractivity contribution is -0.126. The molecule has 2 atom stereocenters. The SMILES string of the molecule is C[C@H](NC(=O)[C@H]1CCCN1Cc1cccc(-c2ccc(C(N)=O)cc2O)c1)c1ccc(C(=O)O)cc1. The van der Waals surface area contributed by atoms with Crippen LogP contribution < -0.4 is 11.1 Å². The van der Waals surface area contributed by atoms with Crippen molar-refractivity contribution in [2.45, 2.75) is 38.4 Å². The van der Waals surface area contributed by atoms with Crippen LogP contribution in [0, 0.1) is 0 Å². The highest BCUT2D eigenvalue weighted by atomic mass is 16.4. The maximum Gasteiger partial charge on any atom is 0.335 e. The lowest BCUT2D eigenvalue weighted by Crippen LogP contribution is -2.43. The van der Waals surface area contributed by atoms with Gasteiger partial charge < -0.3 is 21.3 Å². The highest BCUT2D eigenvalue weighted by Crippen LogP contribution is 2.31. The molecule has 5 N–H and O–H groups in total. The third kappa shape index (κ3) is 5.55. The number of likely N-dealkylation sites (tertiary alicyclic amines) is 1. The van der Waals surface area contributed by atoms with Gasteiger partial charge in [0.2, 0.25) is 11.8 Å². The number of carboxylic acid groups (broad SMARTS) is 1. The molecule has 0 radical (unpaired) electrons. The summed E-state index contributed by atoms with van der Waals surface area (Å²) in [6.07, 6.45) is 1.67. The fraction of sp³-hybridized carbons (Fsp3) is 0.250. The fourth-order valence-electron chi connectivity index (χ4n) is 4.62. The Morgan fingerprint density at radius 2 is 1.78 bits per heavy atom. The van der Waals surface area contributed by atoms with Crippen molar-refractivity contribution in [1.82, 2.24) is 10.2 Å². The lowest BCUT2D eigenvalue weighted by atomic mass is 10.00. The molecular formula is C28H29N3O5. The van der Waals surface area contributed by atoms with E-state index in [9.17, 15) is 19.5 Å². The maximum absolute atomic E-state index is 13.1. The molecule has 1 fully saturated rings. The molecule has 36 heavy (non-hydrogen) atoms. The van der Waals surface area contributed by atoms with Gasteiger partial charge in [-0.2, -0.15) is 0 Å². The summed E-state index contributed by atoms with van der Waals surface area (Å²) >= 11 is 0. The van der Waals surface area contributed by atoms with Gasteiger partial charge in [0.1, 0.15) is 5.75 Å². The largest absolute Gasteiger partial charge is 0.507 e. The number of carbonyl (C=O) groups excluding carboxylic acids is 2. The topological polar surface area (TPSA) is 133 Å². The number of rotatable bonds is 8. The number of aromatic hydroxyl groups is 1. The zero-order valence-electron chi connectivity index (χ0n) is 20.0. The Morgan fingerprint density at radius 3 is 2.44 bits per heavy atom. The van der Waals surface area contributed by atoms with Crippen molar-refractivity contribution < 1.29 is 24.6 Å². The van der Waals surface area contributed by atoms with E-state index < -0.39 is 11.9 Å². The average Bonchev–Trinajstić information content (AvgIpc) is 3.32. The Balaban J connectivity index is 1.44. The molecule has 3 aromatic carbocycles. The Bertz CT molecular complexity index is 1290. The number of nitrogens with one attached hydrogen (secondary N) is 1. The van der Waals surface area contributed by atoms with Gasteiger partial charge in [-0.15, -0.1) is 0 Å². The van der Waals surface area contributed by atoms with Gasteiger partial charge in [-0.05, 0) is 79.4 Å². The molecule has 0 unspecified atom stereocenters. The third-order valence-electron chi connectivity index (χ3n) is 6.59. The molecule has 1 saturated heterocycles. The van der Waals surface area contributed by atoms with E-state index in [1.54, 1.807) is 24.3 Å². The highest BCUT2D eigenvalue weighted by Gasteiger charge is 2.31. The normalized spacial score (nSPS) is 16.4. The van der Waals surface area contributed by atoms with Gasteiger partial charge in [-0.1, -0.05) is 30.3 Å². The third-order valence-corrected chi connectivity index (χ3v) is 6.59. The Labute approximate surface area is 209 Å². The molecule has 0 spiro atoms. The quantitative estimate of drug-likeness (QED) is 0.383. The van der Waals surface area contributed by atoms with E-state index in [-0.39, 0.29) is 34.9 Å². The summed E-state index contributed by atoms with van der Waals surface area (Å²) in [5.74, 6) is -1.66. The van der Waals surface area contributed by atoms with Crippen molar-refractivity contribution >= 4 is 17.8 Å². The number of hydrogen-bond donors (Lipinski definition) is 4. The summed E-state index contributed by atoms with van der Waals surface area (Å²) in [6.45, 7) is 3.25. The standard InChI is InChI=1S/C28H29N3O5/c1-17(19-7-9-20(10-8-19)28(35)36)30-27(34)24-6-3-13-31(24)16-18-4-2-5-21(14-18)23-12-11-22(26(29)33)15-25(23)32/h2,4-5,7-12,14-15,17,24,32H,3,6,13,16H2,1H3,(H2,29,33)(H,30,34)(H,35,36)/t17-,24+/m0/s1. The Hall–Kier alpha value is -4.17. The van der Waals surface area contributed by atoms with Gasteiger partial charge in [0.25, 0.3) is 0 Å². The first-order valence-corrected chi connectivity index (χ1v) is 11.8. The van der Waals surface area contributed by atoms with E-state index in [0.29, 0.717) is 12.1 Å². The van der Waals surface area contributed by atoms with Crippen LogP contribution >= 0.6 is 0 Å². The molecule has 3 aromatic rings. The molecule has 8 nitrogen and oxygen atoms in total. The predicted molar refractivity (Wildman–Crippen MR) is 135 cm³/mol. The second-order valence-corrected chi connectivity index (χ2v) is 9.08. The molecule has 8 heteroatoms. The predicted octanol–water partition coefficient (Wildman–Crippen LogP) is 3.70. The number of benzene rings is 3. The van der Waals surface area contributed by atoms with E-state index in [0.717, 1.165) is 36.1 Å². The van der Waals surface area contributed by atoms with Crippen LogP contribution in [0.4, 0.5) is 0 Å². The molecule has 1 aliphatic heterocycles. The molecule has 4 rings (SSSR count). The smallest absolute Gasteiger partial charge is 0.335 e. The molecule has 186 valence electrons. The van der Waals surface area contributed by atoms with Gasteiger partial charge in [-0.25, -0.2) is 4.79 Å². The van der Waals surface area contributed by atoms with Crippen molar-refractivity contribution in [2.75, 3.05) is 6.54 Å². The van der Waals surface area contributed by atoms with E-state index in [1.807, 2.05) is 31.2 Å². The van der Waals surface area contributed by atoms with E-state index in [2.05, 4.69) is 10.2 Å². The van der Waals surface area contributed by atoms with Crippen molar-refractivity contribution in [3.63, 3.8) is 0 Å². The van der Waals surface area contributed by atoms with Crippen LogP contribution in [0.1, 0.15) is 57.7 Å². The second-order valence-electron chi connectivity index (χ2n) is 9.08. The fourth-order valence-corrected chi connectivity index (χ4v) is 4.62. The van der Waals surface area contributed by atoms with Crippen LogP contribution in [0.2, 0.25) is 0 Å². The number of phenolic OH excluding ortho intramolecular Hbond substituents is 1. The Morgan fingerprint density at radius 1 is 1.06 bits per heavy atom. The summed E-state index contributed by atoms with van der Waals surface area (Å²) in [6, 6.07) is 18.4. The van der Waals surface area contributed by atoms with Crippen LogP contribution in [0.5, 0.6) is 5.75 Å². The summed E-state index contributed by atoms with van der Waals surface area (Å²) in [7, 11) is 0. The summed E-state index contributed by atoms with van der Waals surface area (Å²) in [4.78, 5) is 37.7. The van der Waals surface area contributed by atoms with E-state index in [1.165, 1.54) is 18.2 Å². The van der Waals surface area contributed by atoms with Gasteiger partial charge in [-0.3, -0.25) is 14.5 Å². The van der Waals surface area contributed by atoms with Gasteiger partial charge in [0, 0.05) is 17.7 Å². The van der Waals surface area contributed by atoms with E-state index in [4.69, 9.17) is 10.8 Å². The number of carbonyl (C=O) groups is 3. The van der Waals surface area contributed by atoms with Crippen molar-refractivity contribution in [3.8, 4) is 16.9 Å². The minimum absolute atomic E-state index is 0.0211. The number of amides is 2. The Kier molecular flexibility index (Phi) is 7.36. The number of hydrogen-bond acceptors (Lipinski definition) is 5. The van der Waals surface area contributed by atoms with Crippen LogP contribution in [0.3, 0.4) is 0 Å². The van der Waals surface area contributed by atoms with Crippen molar-refractivity contribution in [2.24, 2.45) is 5.73 Å². The summed E-state index contributed by atoms with van der Waals surface area (Å²) in [5.41, 5.74) is 8.99. The van der Waals surface area contributed by atoms with Gasteiger partial charge in [0.05, 0.1) is 17.6 Å². The first-order chi connectivity index (χ1) is 17.2. The first-order valence-electron chi connectivity index (χ1n) is 11.8. The first kappa shape index (κ1) is 24.9. The highest BCUT2D eigenvalue weighted by molar-refractivity contribution is 5.94. The van der Waals surface area contributed by atoms with Crippen molar-refractivity contribution in [3.05, 3.63) is 89.0 Å². The molecule has 0 aromatic heterocycles. The molecule has 1 heterocycles. The molecule has 1 aliphatic rings. The van der Waals surface area contributed by atoms with Crippen LogP contribution in [-0.2, 0) is 11.3 Å². The molecule has 2 amide bonds. The van der Waals surface area contributed by atoms with Crippen LogP contribution in [-0.4, -0.2) is 45.5 Å². The number of phenols is 1. The molecular weight excluding hydrogens is 458 g/mol.